The molecule has 1 heterocycles. The highest BCUT2D eigenvalue weighted by Crippen LogP contribution is 2.33. The summed E-state index contributed by atoms with van der Waals surface area (Å²) < 4.78 is 12.6. The molecular weight excluding hydrogens is 550 g/mol. The van der Waals surface area contributed by atoms with Crippen LogP contribution in [0.1, 0.15) is 16.7 Å². The normalized spacial score (nSPS) is 12.4. The summed E-state index contributed by atoms with van der Waals surface area (Å²) in [6, 6.07) is 17.1. The Kier molecular flexibility index (Phi) is 7.35. The zero-order valence-corrected chi connectivity index (χ0v) is 21.4. The molecule has 3 aromatic carbocycles. The summed E-state index contributed by atoms with van der Waals surface area (Å²) >= 11 is 6.85. The van der Waals surface area contributed by atoms with Crippen LogP contribution in [0.4, 0.5) is 16.2 Å². The molecule has 2 amide bonds. The van der Waals surface area contributed by atoms with E-state index in [0.717, 1.165) is 44.5 Å². The second-order valence-corrected chi connectivity index (χ2v) is 9.29. The van der Waals surface area contributed by atoms with Crippen LogP contribution in [0.3, 0.4) is 0 Å². The highest BCUT2D eigenvalue weighted by molar-refractivity contribution is 9.11. The number of amides is 2. The molecule has 0 aromatic heterocycles. The van der Waals surface area contributed by atoms with Crippen LogP contribution in [0.15, 0.2) is 68.5 Å². The van der Waals surface area contributed by atoms with Crippen molar-refractivity contribution < 1.29 is 14.3 Å². The average Bonchev–Trinajstić information content (AvgIpc) is 2.81. The van der Waals surface area contributed by atoms with Gasteiger partial charge in [-0.2, -0.15) is 0 Å². The van der Waals surface area contributed by atoms with E-state index in [1.54, 1.807) is 14.2 Å². The van der Waals surface area contributed by atoms with E-state index in [0.29, 0.717) is 23.5 Å². The van der Waals surface area contributed by atoms with E-state index < -0.39 is 0 Å². The van der Waals surface area contributed by atoms with Crippen LogP contribution in [-0.4, -0.2) is 32.5 Å². The van der Waals surface area contributed by atoms with Crippen LogP contribution >= 0.6 is 31.9 Å². The lowest BCUT2D eigenvalue weighted by Crippen LogP contribution is -2.19. The van der Waals surface area contributed by atoms with Crippen LogP contribution in [-0.2, 0) is 12.8 Å². The van der Waals surface area contributed by atoms with Crippen molar-refractivity contribution in [1.29, 1.82) is 0 Å². The maximum atomic E-state index is 12.4. The van der Waals surface area contributed by atoms with Crippen molar-refractivity contribution in [3.8, 4) is 11.5 Å². The predicted molar refractivity (Wildman–Crippen MR) is 139 cm³/mol. The number of carbonyl (C=O) groups excluding carboxylic acids is 1. The lowest BCUT2D eigenvalue weighted by atomic mass is 9.93. The standard InChI is InChI=1S/C25H23Br2N3O3/c1-32-23-12-16-9-10-28-22(19(16)14-24(23)33-2)11-15-3-6-18(7-4-15)29-25(31)30-21-8-5-17(26)13-20(21)27/h3-8,12-14H,9-11H2,1-2H3,(H2,29,30,31). The molecule has 0 aliphatic carbocycles. The molecule has 2 N–H and O–H groups in total. The van der Waals surface area contributed by atoms with Crippen molar-refractivity contribution in [2.24, 2.45) is 4.99 Å². The van der Waals surface area contributed by atoms with E-state index in [1.807, 2.05) is 54.6 Å². The lowest BCUT2D eigenvalue weighted by Gasteiger charge is -2.20. The van der Waals surface area contributed by atoms with Gasteiger partial charge in [0.2, 0.25) is 0 Å². The first-order valence-corrected chi connectivity index (χ1v) is 12.0. The third-order valence-electron chi connectivity index (χ3n) is 5.37. The van der Waals surface area contributed by atoms with E-state index in [1.165, 1.54) is 5.56 Å². The summed E-state index contributed by atoms with van der Waals surface area (Å²) in [5, 5.41) is 5.70. The summed E-state index contributed by atoms with van der Waals surface area (Å²) in [5.74, 6) is 1.44. The van der Waals surface area contributed by atoms with E-state index in [-0.39, 0.29) is 6.03 Å². The van der Waals surface area contributed by atoms with Gasteiger partial charge in [0, 0.05) is 38.9 Å². The molecule has 0 bridgehead atoms. The van der Waals surface area contributed by atoms with Crippen LogP contribution < -0.4 is 20.1 Å². The van der Waals surface area contributed by atoms with Gasteiger partial charge in [-0.3, -0.25) is 4.99 Å². The molecule has 3 aromatic rings. The second-order valence-electron chi connectivity index (χ2n) is 7.52. The Morgan fingerprint density at radius 3 is 2.39 bits per heavy atom. The van der Waals surface area contributed by atoms with Gasteiger partial charge in [0.1, 0.15) is 0 Å². The van der Waals surface area contributed by atoms with Crippen molar-refractivity contribution in [3.05, 3.63) is 80.2 Å². The molecule has 1 aliphatic heterocycles. The van der Waals surface area contributed by atoms with Gasteiger partial charge in [0.15, 0.2) is 11.5 Å². The Labute approximate surface area is 209 Å². The fourth-order valence-corrected chi connectivity index (χ4v) is 4.87. The van der Waals surface area contributed by atoms with Gasteiger partial charge in [0.05, 0.1) is 19.9 Å². The maximum Gasteiger partial charge on any atom is 0.323 e. The van der Waals surface area contributed by atoms with E-state index in [2.05, 4.69) is 42.5 Å². The van der Waals surface area contributed by atoms with Crippen molar-refractivity contribution in [3.63, 3.8) is 0 Å². The number of hydrogen-bond donors (Lipinski definition) is 2. The number of hydrogen-bond acceptors (Lipinski definition) is 4. The molecule has 6 nitrogen and oxygen atoms in total. The number of fused-ring (bicyclic) bond motifs is 1. The largest absolute Gasteiger partial charge is 0.493 e. The SMILES string of the molecule is COc1cc2c(cc1OC)C(Cc1ccc(NC(=O)Nc3ccc(Br)cc3Br)cc1)=NCC2. The van der Waals surface area contributed by atoms with Gasteiger partial charge < -0.3 is 20.1 Å². The molecule has 0 saturated carbocycles. The Balaban J connectivity index is 1.43. The molecule has 0 radical (unpaired) electrons. The number of ether oxygens (including phenoxy) is 2. The highest BCUT2D eigenvalue weighted by atomic mass is 79.9. The zero-order valence-electron chi connectivity index (χ0n) is 18.2. The zero-order chi connectivity index (χ0) is 23.4. The summed E-state index contributed by atoms with van der Waals surface area (Å²) in [6.07, 6.45) is 1.58. The lowest BCUT2D eigenvalue weighted by molar-refractivity contribution is 0.262. The molecule has 0 fully saturated rings. The van der Waals surface area contributed by atoms with Gasteiger partial charge in [-0.1, -0.05) is 28.1 Å². The number of rotatable bonds is 6. The van der Waals surface area contributed by atoms with E-state index in [4.69, 9.17) is 14.5 Å². The molecular formula is C25H23Br2N3O3. The third kappa shape index (κ3) is 5.57. The van der Waals surface area contributed by atoms with Crippen molar-refractivity contribution in [2.45, 2.75) is 12.8 Å². The number of anilines is 2. The Hall–Kier alpha value is -2.84. The minimum Gasteiger partial charge on any atom is -0.493 e. The molecule has 0 saturated heterocycles. The molecule has 1 aliphatic rings. The second kappa shape index (κ2) is 10.4. The smallest absolute Gasteiger partial charge is 0.323 e. The summed E-state index contributed by atoms with van der Waals surface area (Å²) in [7, 11) is 3.29. The molecule has 0 atom stereocenters. The molecule has 4 rings (SSSR count). The van der Waals surface area contributed by atoms with Gasteiger partial charge in [-0.15, -0.1) is 0 Å². The van der Waals surface area contributed by atoms with Gasteiger partial charge in [-0.05, 0) is 75.9 Å². The minimum absolute atomic E-state index is 0.308. The number of aliphatic imine (C=N–C) groups is 1. The molecule has 170 valence electrons. The number of benzene rings is 3. The number of halogens is 2. The topological polar surface area (TPSA) is 72.0 Å². The number of nitrogens with one attached hydrogen (secondary N) is 2. The number of carbonyl (C=O) groups is 1. The predicted octanol–water partition coefficient (Wildman–Crippen LogP) is 6.46. The number of urea groups is 1. The minimum atomic E-state index is -0.308. The number of methoxy groups -OCH3 is 2. The Bertz CT molecular complexity index is 1210. The van der Waals surface area contributed by atoms with Crippen molar-refractivity contribution >= 4 is 55.0 Å². The first-order chi connectivity index (χ1) is 16.0. The maximum absolute atomic E-state index is 12.4. The fraction of sp³-hybridized carbons (Fsp3) is 0.200. The van der Waals surface area contributed by atoms with Crippen molar-refractivity contribution in [1.82, 2.24) is 0 Å². The van der Waals surface area contributed by atoms with E-state index in [9.17, 15) is 4.79 Å². The summed E-state index contributed by atoms with van der Waals surface area (Å²) in [4.78, 5) is 17.1. The fourth-order valence-electron chi connectivity index (χ4n) is 3.72. The molecule has 33 heavy (non-hydrogen) atoms. The van der Waals surface area contributed by atoms with Crippen LogP contribution in [0.25, 0.3) is 0 Å². The van der Waals surface area contributed by atoms with Crippen molar-refractivity contribution in [2.75, 3.05) is 31.4 Å². The summed E-state index contributed by atoms with van der Waals surface area (Å²) in [6.45, 7) is 0.753. The first-order valence-electron chi connectivity index (χ1n) is 10.4. The number of nitrogens with zero attached hydrogens (tertiary/aromatic N) is 1. The Morgan fingerprint density at radius 2 is 1.70 bits per heavy atom. The first kappa shape index (κ1) is 23.3. The molecule has 0 unspecified atom stereocenters. The quantitative estimate of drug-likeness (QED) is 0.356. The van der Waals surface area contributed by atoms with Crippen LogP contribution in [0.2, 0.25) is 0 Å². The molecule has 8 heteroatoms. The third-order valence-corrected chi connectivity index (χ3v) is 6.52. The monoisotopic (exact) mass is 571 g/mol. The van der Waals surface area contributed by atoms with E-state index >= 15 is 0 Å². The average molecular weight is 573 g/mol. The van der Waals surface area contributed by atoms with Gasteiger partial charge >= 0.3 is 6.03 Å². The highest BCUT2D eigenvalue weighted by Gasteiger charge is 2.19. The van der Waals surface area contributed by atoms with Gasteiger partial charge in [-0.25, -0.2) is 4.79 Å². The van der Waals surface area contributed by atoms with Gasteiger partial charge in [0.25, 0.3) is 0 Å². The van der Waals surface area contributed by atoms with Crippen LogP contribution in [0.5, 0.6) is 11.5 Å². The summed E-state index contributed by atoms with van der Waals surface area (Å²) in [5.41, 5.74) is 5.84. The van der Waals surface area contributed by atoms with Crippen LogP contribution in [0, 0.1) is 0 Å². The Morgan fingerprint density at radius 1 is 0.970 bits per heavy atom. The molecule has 0 spiro atoms.